The van der Waals surface area contributed by atoms with Gasteiger partial charge in [-0.15, -0.1) is 0 Å². The van der Waals surface area contributed by atoms with E-state index in [-0.39, 0.29) is 5.60 Å². The minimum absolute atomic E-state index is 0.119. The summed E-state index contributed by atoms with van der Waals surface area (Å²) in [6.07, 6.45) is 5.88. The molecule has 14 heavy (non-hydrogen) atoms. The summed E-state index contributed by atoms with van der Waals surface area (Å²) in [5, 5.41) is 0. The standard InChI is InChI=1S/C12H22O2/c1-10-5-7-11(8-6-10)12(2,14-4)9-13-3/h5,11H,6-9H2,1-4H3. The maximum atomic E-state index is 5.60. The van der Waals surface area contributed by atoms with Crippen molar-refractivity contribution in [3.05, 3.63) is 11.6 Å². The van der Waals surface area contributed by atoms with Crippen molar-refractivity contribution in [2.45, 2.75) is 38.7 Å². The highest BCUT2D eigenvalue weighted by Crippen LogP contribution is 2.34. The van der Waals surface area contributed by atoms with E-state index in [2.05, 4.69) is 19.9 Å². The van der Waals surface area contributed by atoms with Gasteiger partial charge in [-0.3, -0.25) is 0 Å². The second kappa shape index (κ2) is 4.94. The largest absolute Gasteiger partial charge is 0.382 e. The zero-order chi connectivity index (χ0) is 10.6. The highest BCUT2D eigenvalue weighted by Gasteiger charge is 2.34. The van der Waals surface area contributed by atoms with Crippen molar-refractivity contribution in [3.8, 4) is 0 Å². The third-order valence-corrected chi connectivity index (χ3v) is 3.40. The molecule has 2 unspecified atom stereocenters. The number of rotatable bonds is 4. The van der Waals surface area contributed by atoms with Crippen molar-refractivity contribution in [1.82, 2.24) is 0 Å². The second-order valence-electron chi connectivity index (χ2n) is 4.47. The van der Waals surface area contributed by atoms with Crippen molar-refractivity contribution in [1.29, 1.82) is 0 Å². The van der Waals surface area contributed by atoms with Crippen LogP contribution in [0, 0.1) is 5.92 Å². The normalized spacial score (nSPS) is 26.9. The Morgan fingerprint density at radius 2 is 2.21 bits per heavy atom. The van der Waals surface area contributed by atoms with Crippen molar-refractivity contribution >= 4 is 0 Å². The van der Waals surface area contributed by atoms with E-state index in [4.69, 9.17) is 9.47 Å². The van der Waals surface area contributed by atoms with Crippen molar-refractivity contribution in [2.75, 3.05) is 20.8 Å². The van der Waals surface area contributed by atoms with E-state index in [1.54, 1.807) is 14.2 Å². The molecule has 0 spiro atoms. The van der Waals surface area contributed by atoms with Crippen LogP contribution in [0.5, 0.6) is 0 Å². The Morgan fingerprint density at radius 1 is 1.50 bits per heavy atom. The molecule has 0 bridgehead atoms. The quantitative estimate of drug-likeness (QED) is 0.647. The average Bonchev–Trinajstić information content (AvgIpc) is 2.19. The summed E-state index contributed by atoms with van der Waals surface area (Å²) < 4.78 is 10.8. The highest BCUT2D eigenvalue weighted by molar-refractivity contribution is 5.06. The fourth-order valence-electron chi connectivity index (χ4n) is 2.15. The van der Waals surface area contributed by atoms with Gasteiger partial charge in [0.05, 0.1) is 12.2 Å². The summed E-state index contributed by atoms with van der Waals surface area (Å²) in [6.45, 7) is 5.04. The Bertz CT molecular complexity index is 210. The first kappa shape index (κ1) is 11.7. The SMILES string of the molecule is COCC(C)(OC)C1CC=C(C)CC1. The van der Waals surface area contributed by atoms with Crippen LogP contribution in [0.4, 0.5) is 0 Å². The third-order valence-electron chi connectivity index (χ3n) is 3.40. The van der Waals surface area contributed by atoms with Crippen molar-refractivity contribution in [3.63, 3.8) is 0 Å². The van der Waals surface area contributed by atoms with Gasteiger partial charge in [0.2, 0.25) is 0 Å². The molecule has 0 N–H and O–H groups in total. The molecule has 0 aromatic rings. The number of ether oxygens (including phenoxy) is 2. The average molecular weight is 198 g/mol. The Balaban J connectivity index is 2.61. The highest BCUT2D eigenvalue weighted by atomic mass is 16.5. The zero-order valence-electron chi connectivity index (χ0n) is 9.80. The summed E-state index contributed by atoms with van der Waals surface area (Å²) in [6, 6.07) is 0. The first-order valence-electron chi connectivity index (χ1n) is 5.32. The maximum Gasteiger partial charge on any atom is 0.0913 e. The molecule has 82 valence electrons. The first-order valence-corrected chi connectivity index (χ1v) is 5.32. The molecule has 1 aliphatic carbocycles. The summed E-state index contributed by atoms with van der Waals surface area (Å²) >= 11 is 0. The fourth-order valence-corrected chi connectivity index (χ4v) is 2.15. The summed E-state index contributed by atoms with van der Waals surface area (Å²) in [5.74, 6) is 0.594. The van der Waals surface area contributed by atoms with Crippen LogP contribution in [-0.2, 0) is 9.47 Å². The lowest BCUT2D eigenvalue weighted by molar-refractivity contribution is -0.0920. The minimum atomic E-state index is -0.119. The minimum Gasteiger partial charge on any atom is -0.382 e. The van der Waals surface area contributed by atoms with E-state index >= 15 is 0 Å². The molecular formula is C12H22O2. The van der Waals surface area contributed by atoms with Crippen LogP contribution in [0.1, 0.15) is 33.1 Å². The molecule has 0 amide bonds. The monoisotopic (exact) mass is 198 g/mol. The van der Waals surface area contributed by atoms with Gasteiger partial charge >= 0.3 is 0 Å². The molecule has 0 radical (unpaired) electrons. The number of hydrogen-bond acceptors (Lipinski definition) is 2. The number of methoxy groups -OCH3 is 2. The predicted octanol–water partition coefficient (Wildman–Crippen LogP) is 2.78. The number of hydrogen-bond donors (Lipinski definition) is 0. The lowest BCUT2D eigenvalue weighted by atomic mass is 9.79. The van der Waals surface area contributed by atoms with E-state index in [0.717, 1.165) is 6.42 Å². The van der Waals surface area contributed by atoms with E-state index in [1.807, 2.05) is 0 Å². The molecule has 2 nitrogen and oxygen atoms in total. The van der Waals surface area contributed by atoms with Crippen LogP contribution < -0.4 is 0 Å². The smallest absolute Gasteiger partial charge is 0.0913 e. The third kappa shape index (κ3) is 2.58. The number of allylic oxidation sites excluding steroid dienone is 2. The Morgan fingerprint density at radius 3 is 2.64 bits per heavy atom. The van der Waals surface area contributed by atoms with E-state index in [0.29, 0.717) is 12.5 Å². The fraction of sp³-hybridized carbons (Fsp3) is 0.833. The van der Waals surface area contributed by atoms with Gasteiger partial charge in [-0.25, -0.2) is 0 Å². The van der Waals surface area contributed by atoms with Crippen LogP contribution in [-0.4, -0.2) is 26.4 Å². The Hall–Kier alpha value is -0.340. The molecule has 0 saturated carbocycles. The first-order chi connectivity index (χ1) is 6.62. The lowest BCUT2D eigenvalue weighted by Gasteiger charge is -2.37. The van der Waals surface area contributed by atoms with Gasteiger partial charge in [-0.05, 0) is 39.0 Å². The van der Waals surface area contributed by atoms with E-state index < -0.39 is 0 Å². The van der Waals surface area contributed by atoms with Crippen molar-refractivity contribution < 1.29 is 9.47 Å². The molecule has 2 heteroatoms. The van der Waals surface area contributed by atoms with Crippen LogP contribution in [0.3, 0.4) is 0 Å². The van der Waals surface area contributed by atoms with Gasteiger partial charge in [-0.2, -0.15) is 0 Å². The van der Waals surface area contributed by atoms with Gasteiger partial charge in [0.25, 0.3) is 0 Å². The molecule has 0 fully saturated rings. The zero-order valence-corrected chi connectivity index (χ0v) is 9.80. The molecule has 0 aromatic heterocycles. The predicted molar refractivity (Wildman–Crippen MR) is 58.4 cm³/mol. The van der Waals surface area contributed by atoms with Crippen LogP contribution >= 0.6 is 0 Å². The summed E-state index contributed by atoms with van der Waals surface area (Å²) in [7, 11) is 3.52. The van der Waals surface area contributed by atoms with Crippen molar-refractivity contribution in [2.24, 2.45) is 5.92 Å². The summed E-state index contributed by atoms with van der Waals surface area (Å²) in [4.78, 5) is 0. The van der Waals surface area contributed by atoms with Gasteiger partial charge in [0.15, 0.2) is 0 Å². The van der Waals surface area contributed by atoms with Crippen LogP contribution in [0.15, 0.2) is 11.6 Å². The summed E-state index contributed by atoms with van der Waals surface area (Å²) in [5.41, 5.74) is 1.39. The molecular weight excluding hydrogens is 176 g/mol. The molecule has 1 rings (SSSR count). The molecule has 0 aromatic carbocycles. The van der Waals surface area contributed by atoms with Crippen LogP contribution in [0.25, 0.3) is 0 Å². The van der Waals surface area contributed by atoms with Gasteiger partial charge in [0, 0.05) is 14.2 Å². The lowest BCUT2D eigenvalue weighted by Crippen LogP contribution is -2.41. The van der Waals surface area contributed by atoms with Gasteiger partial charge in [0.1, 0.15) is 0 Å². The molecule has 1 aliphatic rings. The Kier molecular flexibility index (Phi) is 4.14. The molecule has 0 aliphatic heterocycles. The van der Waals surface area contributed by atoms with Crippen LogP contribution in [0.2, 0.25) is 0 Å². The topological polar surface area (TPSA) is 18.5 Å². The maximum absolute atomic E-state index is 5.60. The van der Waals surface area contributed by atoms with E-state index in [1.165, 1.54) is 18.4 Å². The van der Waals surface area contributed by atoms with E-state index in [9.17, 15) is 0 Å². The molecule has 2 atom stereocenters. The van der Waals surface area contributed by atoms with Gasteiger partial charge < -0.3 is 9.47 Å². The van der Waals surface area contributed by atoms with Gasteiger partial charge in [-0.1, -0.05) is 11.6 Å². The Labute approximate surface area is 87.3 Å². The second-order valence-corrected chi connectivity index (χ2v) is 4.47. The molecule has 0 heterocycles. The molecule has 0 saturated heterocycles.